The molecular formula is C27H32Cl2N4O3S. The Hall–Kier alpha value is -2.13. The third-order valence-corrected chi connectivity index (χ3v) is 10.0. The lowest BCUT2D eigenvalue weighted by Gasteiger charge is -2.48. The number of carbonyl (C=O) groups is 1. The van der Waals surface area contributed by atoms with Gasteiger partial charge in [0.15, 0.2) is 0 Å². The quantitative estimate of drug-likeness (QED) is 0.382. The maximum Gasteiger partial charge on any atom is 0.244 e. The summed E-state index contributed by atoms with van der Waals surface area (Å²) in [6, 6.07) is 10.4. The first-order valence-electron chi connectivity index (χ1n) is 13.0. The molecule has 1 aromatic heterocycles. The molecule has 10 heteroatoms. The fourth-order valence-electron chi connectivity index (χ4n) is 6.80. The van der Waals surface area contributed by atoms with Gasteiger partial charge in [-0.15, -0.1) is 0 Å². The van der Waals surface area contributed by atoms with E-state index in [-0.39, 0.29) is 32.7 Å². The first-order valence-corrected chi connectivity index (χ1v) is 15.3. The van der Waals surface area contributed by atoms with Gasteiger partial charge in [-0.2, -0.15) is 0 Å². The van der Waals surface area contributed by atoms with Gasteiger partial charge in [0.25, 0.3) is 0 Å². The molecule has 1 amide bonds. The molecule has 2 saturated carbocycles. The lowest BCUT2D eigenvalue weighted by molar-refractivity contribution is -0.135. The molecule has 4 N–H and O–H groups in total. The zero-order chi connectivity index (χ0) is 26.4. The molecule has 0 atom stereocenters. The number of nitrogens with two attached hydrogens (primary N) is 2. The number of benzene rings is 2. The van der Waals surface area contributed by atoms with Crippen LogP contribution >= 0.6 is 23.2 Å². The topological polar surface area (TPSA) is 121 Å². The minimum atomic E-state index is -4.14. The third kappa shape index (κ3) is 4.56. The molecule has 2 aromatic carbocycles. The van der Waals surface area contributed by atoms with Crippen molar-refractivity contribution in [2.45, 2.75) is 74.6 Å². The van der Waals surface area contributed by atoms with Crippen LogP contribution in [0.25, 0.3) is 22.4 Å². The number of sulfonamides is 1. The Morgan fingerprint density at radius 1 is 0.919 bits per heavy atom. The van der Waals surface area contributed by atoms with Gasteiger partial charge in [0.2, 0.25) is 15.9 Å². The number of hydrogen-bond acceptors (Lipinski definition) is 4. The number of rotatable bonds is 6. The highest BCUT2D eigenvalue weighted by molar-refractivity contribution is 7.89. The predicted molar refractivity (Wildman–Crippen MR) is 147 cm³/mol. The van der Waals surface area contributed by atoms with Crippen LogP contribution in [-0.4, -0.2) is 23.9 Å². The van der Waals surface area contributed by atoms with E-state index in [1.54, 1.807) is 0 Å². The summed E-state index contributed by atoms with van der Waals surface area (Å²) in [6.45, 7) is 0. The Balaban J connectivity index is 1.88. The molecule has 0 spiro atoms. The van der Waals surface area contributed by atoms with Crippen LogP contribution in [0.15, 0.2) is 41.3 Å². The van der Waals surface area contributed by atoms with Crippen LogP contribution in [0.1, 0.15) is 64.2 Å². The first kappa shape index (κ1) is 26.5. The molecule has 0 radical (unpaired) electrons. The van der Waals surface area contributed by atoms with Gasteiger partial charge in [0.1, 0.15) is 16.3 Å². The number of hydrogen-bond donors (Lipinski definition) is 2. The van der Waals surface area contributed by atoms with Gasteiger partial charge in [0, 0.05) is 5.56 Å². The molecule has 3 aromatic rings. The normalized spacial score (nSPS) is 18.4. The highest BCUT2D eigenvalue weighted by atomic mass is 35.5. The monoisotopic (exact) mass is 562 g/mol. The van der Waals surface area contributed by atoms with Crippen LogP contribution in [0.3, 0.4) is 0 Å². The zero-order valence-electron chi connectivity index (χ0n) is 20.6. The van der Waals surface area contributed by atoms with Crippen LogP contribution in [0.4, 0.5) is 0 Å². The van der Waals surface area contributed by atoms with E-state index in [0.717, 1.165) is 69.7 Å². The fraction of sp³-hybridized carbons (Fsp3) is 0.481. The summed E-state index contributed by atoms with van der Waals surface area (Å²) in [4.78, 5) is 18.6. The number of primary sulfonamides is 1. The van der Waals surface area contributed by atoms with E-state index >= 15 is 0 Å². The fourth-order valence-corrected chi connectivity index (χ4v) is 8.20. The van der Waals surface area contributed by atoms with Crippen molar-refractivity contribution in [1.29, 1.82) is 0 Å². The molecule has 37 heavy (non-hydrogen) atoms. The van der Waals surface area contributed by atoms with E-state index in [4.69, 9.17) is 39.1 Å². The van der Waals surface area contributed by atoms with E-state index in [9.17, 15) is 13.2 Å². The van der Waals surface area contributed by atoms with Crippen LogP contribution in [0, 0.1) is 11.8 Å². The van der Waals surface area contributed by atoms with E-state index < -0.39 is 15.6 Å². The smallest absolute Gasteiger partial charge is 0.244 e. The van der Waals surface area contributed by atoms with Crippen molar-refractivity contribution >= 4 is 50.2 Å². The van der Waals surface area contributed by atoms with Crippen molar-refractivity contribution in [2.24, 2.45) is 22.7 Å². The van der Waals surface area contributed by atoms with E-state index in [1.165, 1.54) is 12.1 Å². The highest BCUT2D eigenvalue weighted by Crippen LogP contribution is 2.51. The number of primary amides is 1. The highest BCUT2D eigenvalue weighted by Gasteiger charge is 2.53. The molecule has 0 aliphatic heterocycles. The molecule has 1 heterocycles. The third-order valence-electron chi connectivity index (χ3n) is 8.35. The lowest BCUT2D eigenvalue weighted by atomic mass is 9.63. The molecule has 0 saturated heterocycles. The van der Waals surface area contributed by atoms with Crippen LogP contribution in [0.2, 0.25) is 10.0 Å². The molecule has 0 unspecified atom stereocenters. The summed E-state index contributed by atoms with van der Waals surface area (Å²) >= 11 is 12.9. The van der Waals surface area contributed by atoms with Gasteiger partial charge < -0.3 is 10.3 Å². The number of aromatic nitrogens is 2. The summed E-state index contributed by atoms with van der Waals surface area (Å²) < 4.78 is 26.7. The van der Waals surface area contributed by atoms with Gasteiger partial charge in [-0.05, 0) is 61.8 Å². The Morgan fingerprint density at radius 2 is 1.49 bits per heavy atom. The molecule has 5 rings (SSSR count). The van der Waals surface area contributed by atoms with E-state index in [1.807, 2.05) is 28.8 Å². The number of para-hydroxylation sites is 2. The van der Waals surface area contributed by atoms with Crippen molar-refractivity contribution < 1.29 is 13.2 Å². The predicted octanol–water partition coefficient (Wildman–Crippen LogP) is 6.00. The van der Waals surface area contributed by atoms with Crippen LogP contribution in [-0.2, 0) is 20.4 Å². The van der Waals surface area contributed by atoms with Crippen LogP contribution in [0.5, 0.6) is 0 Å². The Kier molecular flexibility index (Phi) is 7.31. The van der Waals surface area contributed by atoms with Gasteiger partial charge in [-0.3, -0.25) is 4.79 Å². The lowest BCUT2D eigenvalue weighted by Crippen LogP contribution is -2.58. The molecule has 0 bridgehead atoms. The van der Waals surface area contributed by atoms with Crippen molar-refractivity contribution in [3.8, 4) is 11.4 Å². The minimum absolute atomic E-state index is 0.0296. The second kappa shape index (κ2) is 10.2. The Labute approximate surface area is 227 Å². The van der Waals surface area contributed by atoms with Gasteiger partial charge in [-0.25, -0.2) is 18.5 Å². The summed E-state index contributed by atoms with van der Waals surface area (Å²) in [5, 5.41) is 5.63. The standard InChI is InChI=1S/C27H32Cl2N4O3S/c28-20-16-21(29)24(37(31,35)36)15-19(20)25-32-22-13-7-8-14-23(22)33(25)27(26(30)34,17-9-3-1-4-10-17)18-11-5-2-6-12-18/h7-8,13-18H,1-6,9-12H2,(H2,30,34)(H2,31,35,36). The molecule has 198 valence electrons. The molecule has 7 nitrogen and oxygen atoms in total. The van der Waals surface area contributed by atoms with Crippen LogP contribution < -0.4 is 10.9 Å². The molecule has 2 fully saturated rings. The molecule has 2 aliphatic carbocycles. The van der Waals surface area contributed by atoms with Crippen molar-refractivity contribution in [2.75, 3.05) is 0 Å². The number of halogens is 2. The van der Waals surface area contributed by atoms with Crippen molar-refractivity contribution in [3.63, 3.8) is 0 Å². The first-order chi connectivity index (χ1) is 17.7. The summed E-state index contributed by atoms with van der Waals surface area (Å²) in [5.41, 5.74) is 7.24. The second-order valence-corrected chi connectivity index (χ2v) is 12.8. The van der Waals surface area contributed by atoms with Gasteiger partial charge in [-0.1, -0.05) is 73.9 Å². The SMILES string of the molecule is NC(=O)C(C1CCCCC1)(C1CCCCC1)n1c(-c2cc(S(N)(=O)=O)c(Cl)cc2Cl)nc2ccccc21. The van der Waals surface area contributed by atoms with Crippen molar-refractivity contribution in [1.82, 2.24) is 9.55 Å². The largest absolute Gasteiger partial charge is 0.368 e. The second-order valence-electron chi connectivity index (χ2n) is 10.4. The average Bonchev–Trinajstić information content (AvgIpc) is 3.24. The summed E-state index contributed by atoms with van der Waals surface area (Å²) in [7, 11) is -4.14. The molecular weight excluding hydrogens is 531 g/mol. The van der Waals surface area contributed by atoms with Gasteiger partial charge in [0.05, 0.1) is 21.1 Å². The molecule has 2 aliphatic rings. The van der Waals surface area contributed by atoms with Crippen molar-refractivity contribution in [3.05, 3.63) is 46.4 Å². The average molecular weight is 564 g/mol. The summed E-state index contributed by atoms with van der Waals surface area (Å²) in [5.74, 6) is 0.0964. The maximum absolute atomic E-state index is 13.9. The zero-order valence-corrected chi connectivity index (χ0v) is 23.0. The number of nitrogens with zero attached hydrogens (tertiary/aromatic N) is 2. The van der Waals surface area contributed by atoms with Gasteiger partial charge >= 0.3 is 0 Å². The van der Waals surface area contributed by atoms with E-state index in [2.05, 4.69) is 0 Å². The Morgan fingerprint density at radius 3 is 2.03 bits per heavy atom. The minimum Gasteiger partial charge on any atom is -0.368 e. The number of imidazole rings is 1. The Bertz CT molecular complexity index is 1420. The maximum atomic E-state index is 13.9. The van der Waals surface area contributed by atoms with E-state index in [0.29, 0.717) is 16.9 Å². The number of fused-ring (bicyclic) bond motifs is 1. The number of carbonyl (C=O) groups excluding carboxylic acids is 1. The summed E-state index contributed by atoms with van der Waals surface area (Å²) in [6.07, 6.45) is 9.96. The number of amides is 1.